The average Bonchev–Trinajstić information content (AvgIpc) is 3.37. The molecule has 6 nitrogen and oxygen atoms in total. The molecule has 7 heteroatoms. The molecular weight excluding hydrogens is 491 g/mol. The van der Waals surface area contributed by atoms with Gasteiger partial charge in [0.05, 0.1) is 6.10 Å². The number of hydrogen-bond acceptors (Lipinski definition) is 3. The molecule has 0 aromatic heterocycles. The molecule has 3 rings (SSSR count). The maximum atomic E-state index is 12.6. The Morgan fingerprint density at radius 2 is 1.70 bits per heavy atom. The molecule has 0 aromatic carbocycles. The van der Waals surface area contributed by atoms with Crippen molar-refractivity contribution in [1.29, 1.82) is 0 Å². The number of guanidine groups is 1. The lowest BCUT2D eigenvalue weighted by Gasteiger charge is -2.21. The maximum Gasteiger partial charge on any atom is 0.225 e. The lowest BCUT2D eigenvalue weighted by molar-refractivity contribution is -0.134. The van der Waals surface area contributed by atoms with Crippen LogP contribution < -0.4 is 10.6 Å². The minimum Gasteiger partial charge on any atom is -0.378 e. The van der Waals surface area contributed by atoms with Crippen LogP contribution in [-0.2, 0) is 9.53 Å². The van der Waals surface area contributed by atoms with Crippen LogP contribution in [0.4, 0.5) is 0 Å². The van der Waals surface area contributed by atoms with E-state index in [1.165, 1.54) is 51.4 Å². The van der Waals surface area contributed by atoms with Crippen LogP contribution in [0.5, 0.6) is 0 Å². The van der Waals surface area contributed by atoms with Crippen LogP contribution in [-0.4, -0.2) is 62.2 Å². The van der Waals surface area contributed by atoms with E-state index in [1.807, 2.05) is 7.05 Å². The number of amides is 1. The first-order valence-electron chi connectivity index (χ1n) is 12.1. The van der Waals surface area contributed by atoms with Gasteiger partial charge in [-0.1, -0.05) is 38.5 Å². The summed E-state index contributed by atoms with van der Waals surface area (Å²) in [5, 5.41) is 6.93. The molecule has 174 valence electrons. The van der Waals surface area contributed by atoms with Gasteiger partial charge in [-0.05, 0) is 44.9 Å². The molecule has 3 aliphatic rings. The molecule has 0 spiro atoms. The zero-order valence-electron chi connectivity index (χ0n) is 18.9. The molecule has 3 fully saturated rings. The van der Waals surface area contributed by atoms with E-state index in [0.29, 0.717) is 18.1 Å². The highest BCUT2D eigenvalue weighted by Crippen LogP contribution is 2.27. The second kappa shape index (κ2) is 14.5. The summed E-state index contributed by atoms with van der Waals surface area (Å²) < 4.78 is 6.07. The Morgan fingerprint density at radius 1 is 1.00 bits per heavy atom. The molecule has 30 heavy (non-hydrogen) atoms. The van der Waals surface area contributed by atoms with Gasteiger partial charge in [0.2, 0.25) is 5.91 Å². The minimum absolute atomic E-state index is 0. The molecule has 0 radical (unpaired) electrons. The predicted octanol–water partition coefficient (Wildman–Crippen LogP) is 4.08. The monoisotopic (exact) mass is 534 g/mol. The standard InChI is InChI=1S/C23H42N4O2.HI/c1-24-23(25-15-8-9-17-29-21-12-4-2-3-5-13-21)26-20-14-16-27(18-20)22(28)19-10-6-7-11-19;/h19-21H,2-18H2,1H3,(H2,24,25,26);1H. The van der Waals surface area contributed by atoms with Crippen LogP contribution in [0.15, 0.2) is 4.99 Å². The number of ether oxygens (including phenoxy) is 1. The van der Waals surface area contributed by atoms with Gasteiger partial charge in [-0.3, -0.25) is 9.79 Å². The van der Waals surface area contributed by atoms with Crippen LogP contribution in [0.3, 0.4) is 0 Å². The van der Waals surface area contributed by atoms with Gasteiger partial charge in [0.25, 0.3) is 0 Å². The molecule has 1 saturated heterocycles. The number of aliphatic imine (C=N–C) groups is 1. The molecule has 2 saturated carbocycles. The van der Waals surface area contributed by atoms with Crippen LogP contribution in [0.25, 0.3) is 0 Å². The maximum absolute atomic E-state index is 12.6. The van der Waals surface area contributed by atoms with E-state index in [0.717, 1.165) is 64.3 Å². The van der Waals surface area contributed by atoms with Gasteiger partial charge in [-0.25, -0.2) is 0 Å². The first kappa shape index (κ1) is 25.7. The first-order chi connectivity index (χ1) is 14.3. The van der Waals surface area contributed by atoms with Crippen molar-refractivity contribution in [3.63, 3.8) is 0 Å². The fourth-order valence-corrected chi connectivity index (χ4v) is 4.99. The van der Waals surface area contributed by atoms with Gasteiger partial charge in [-0.15, -0.1) is 24.0 Å². The second-order valence-electron chi connectivity index (χ2n) is 9.09. The summed E-state index contributed by atoms with van der Waals surface area (Å²) >= 11 is 0. The van der Waals surface area contributed by atoms with Crippen LogP contribution >= 0.6 is 24.0 Å². The van der Waals surface area contributed by atoms with Crippen molar-refractivity contribution in [3.8, 4) is 0 Å². The lowest BCUT2D eigenvalue weighted by Crippen LogP contribution is -2.45. The fourth-order valence-electron chi connectivity index (χ4n) is 4.99. The fraction of sp³-hybridized carbons (Fsp3) is 0.913. The Bertz CT molecular complexity index is 517. The smallest absolute Gasteiger partial charge is 0.225 e. The number of nitrogens with one attached hydrogen (secondary N) is 2. The number of likely N-dealkylation sites (tertiary alicyclic amines) is 1. The van der Waals surface area contributed by atoms with E-state index in [1.54, 1.807) is 0 Å². The Hall–Kier alpha value is -0.570. The molecule has 1 unspecified atom stereocenters. The van der Waals surface area contributed by atoms with E-state index < -0.39 is 0 Å². The number of halogens is 1. The second-order valence-corrected chi connectivity index (χ2v) is 9.09. The summed E-state index contributed by atoms with van der Waals surface area (Å²) in [6.45, 7) is 3.47. The molecule has 0 aromatic rings. The molecule has 1 amide bonds. The number of carbonyl (C=O) groups excluding carboxylic acids is 1. The highest BCUT2D eigenvalue weighted by Gasteiger charge is 2.32. The molecule has 0 bridgehead atoms. The third-order valence-electron chi connectivity index (χ3n) is 6.79. The number of hydrogen-bond donors (Lipinski definition) is 2. The van der Waals surface area contributed by atoms with Gasteiger partial charge in [0.1, 0.15) is 0 Å². The summed E-state index contributed by atoms with van der Waals surface area (Å²) in [6.07, 6.45) is 16.2. The van der Waals surface area contributed by atoms with Crippen molar-refractivity contribution < 1.29 is 9.53 Å². The molecule has 2 N–H and O–H groups in total. The first-order valence-corrected chi connectivity index (χ1v) is 12.1. The average molecular weight is 535 g/mol. The molecule has 1 heterocycles. The summed E-state index contributed by atoms with van der Waals surface area (Å²) in [7, 11) is 1.82. The Labute approximate surface area is 200 Å². The van der Waals surface area contributed by atoms with E-state index in [2.05, 4.69) is 20.5 Å². The van der Waals surface area contributed by atoms with Crippen LogP contribution in [0.2, 0.25) is 0 Å². The van der Waals surface area contributed by atoms with Gasteiger partial charge < -0.3 is 20.3 Å². The van der Waals surface area contributed by atoms with E-state index in [-0.39, 0.29) is 29.9 Å². The van der Waals surface area contributed by atoms with Crippen molar-refractivity contribution in [2.45, 2.75) is 95.6 Å². The van der Waals surface area contributed by atoms with Crippen molar-refractivity contribution >= 4 is 35.8 Å². The number of unbranched alkanes of at least 4 members (excludes halogenated alkanes) is 1. The molecule has 1 aliphatic heterocycles. The Morgan fingerprint density at radius 3 is 2.40 bits per heavy atom. The van der Waals surface area contributed by atoms with Gasteiger partial charge >= 0.3 is 0 Å². The Kier molecular flexibility index (Phi) is 12.4. The van der Waals surface area contributed by atoms with Gasteiger partial charge in [-0.2, -0.15) is 0 Å². The molecular formula is C23H43IN4O2. The topological polar surface area (TPSA) is 66.0 Å². The van der Waals surface area contributed by atoms with Crippen molar-refractivity contribution in [3.05, 3.63) is 0 Å². The highest BCUT2D eigenvalue weighted by atomic mass is 127. The van der Waals surface area contributed by atoms with Gasteiger partial charge in [0.15, 0.2) is 5.96 Å². The Balaban J connectivity index is 0.00000320. The number of rotatable bonds is 8. The normalized spacial score (nSPS) is 23.8. The SMILES string of the molecule is CN=C(NCCCCOC1CCCCCC1)NC1CCN(C(=O)C2CCCC2)C1.I. The quantitative estimate of drug-likeness (QED) is 0.162. The lowest BCUT2D eigenvalue weighted by atomic mass is 10.1. The van der Waals surface area contributed by atoms with Crippen molar-refractivity contribution in [2.75, 3.05) is 33.3 Å². The minimum atomic E-state index is 0. The predicted molar refractivity (Wildman–Crippen MR) is 134 cm³/mol. The third-order valence-corrected chi connectivity index (χ3v) is 6.79. The summed E-state index contributed by atoms with van der Waals surface area (Å²) in [6, 6.07) is 0.310. The summed E-state index contributed by atoms with van der Waals surface area (Å²) in [4.78, 5) is 19.0. The zero-order valence-corrected chi connectivity index (χ0v) is 21.2. The van der Waals surface area contributed by atoms with E-state index >= 15 is 0 Å². The van der Waals surface area contributed by atoms with Gasteiger partial charge in [0, 0.05) is 45.2 Å². The van der Waals surface area contributed by atoms with Crippen LogP contribution in [0, 0.1) is 5.92 Å². The van der Waals surface area contributed by atoms with E-state index in [4.69, 9.17) is 4.74 Å². The van der Waals surface area contributed by atoms with Crippen molar-refractivity contribution in [1.82, 2.24) is 15.5 Å². The molecule has 1 atom stereocenters. The zero-order chi connectivity index (χ0) is 20.3. The summed E-state index contributed by atoms with van der Waals surface area (Å²) in [5.74, 6) is 1.52. The summed E-state index contributed by atoms with van der Waals surface area (Å²) in [5.41, 5.74) is 0. The van der Waals surface area contributed by atoms with Crippen LogP contribution in [0.1, 0.15) is 83.5 Å². The van der Waals surface area contributed by atoms with E-state index in [9.17, 15) is 4.79 Å². The largest absolute Gasteiger partial charge is 0.378 e. The number of nitrogens with zero attached hydrogens (tertiary/aromatic N) is 2. The molecule has 2 aliphatic carbocycles. The highest BCUT2D eigenvalue weighted by molar-refractivity contribution is 14.0. The number of carbonyl (C=O) groups is 1. The van der Waals surface area contributed by atoms with Crippen molar-refractivity contribution in [2.24, 2.45) is 10.9 Å². The third kappa shape index (κ3) is 8.52.